The van der Waals surface area contributed by atoms with Gasteiger partial charge in [-0.2, -0.15) is 5.26 Å². The van der Waals surface area contributed by atoms with Gasteiger partial charge >= 0.3 is 0 Å². The summed E-state index contributed by atoms with van der Waals surface area (Å²) in [6, 6.07) is 6.30. The second-order valence-electron chi connectivity index (χ2n) is 12.0. The molecule has 1 aromatic rings. The molecule has 4 fully saturated rings. The molecule has 4 aliphatic rings. The van der Waals surface area contributed by atoms with Crippen LogP contribution in [0.15, 0.2) is 18.3 Å². The SMILES string of the molecule is COC[C@@]1(O)CC[C@H]2[C@H](CC[C@@H]3[C@@H]2CC[C@]2(C)[C@@H]([C@@H](C)Nc4ccc(C#N)nc4)CC[C@@H]32)C1. The highest BCUT2D eigenvalue weighted by molar-refractivity contribution is 5.43. The molecule has 0 amide bonds. The zero-order chi connectivity index (χ0) is 23.2. The lowest BCUT2D eigenvalue weighted by atomic mass is 9.48. The van der Waals surface area contributed by atoms with Crippen molar-refractivity contribution < 1.29 is 9.84 Å². The van der Waals surface area contributed by atoms with Gasteiger partial charge in [0, 0.05) is 13.2 Å². The van der Waals surface area contributed by atoms with E-state index in [9.17, 15) is 5.11 Å². The van der Waals surface area contributed by atoms with Crippen molar-refractivity contribution in [2.45, 2.75) is 83.3 Å². The molecule has 0 aromatic carbocycles. The number of aliphatic hydroxyl groups is 1. The van der Waals surface area contributed by atoms with Crippen molar-refractivity contribution >= 4 is 5.69 Å². The molecule has 0 radical (unpaired) electrons. The molecule has 0 aliphatic heterocycles. The Morgan fingerprint density at radius 3 is 2.70 bits per heavy atom. The molecule has 0 spiro atoms. The van der Waals surface area contributed by atoms with Gasteiger partial charge in [0.05, 0.1) is 24.1 Å². The van der Waals surface area contributed by atoms with Crippen molar-refractivity contribution in [3.05, 3.63) is 24.0 Å². The first-order valence-electron chi connectivity index (χ1n) is 13.2. The van der Waals surface area contributed by atoms with Gasteiger partial charge in [0.2, 0.25) is 0 Å². The fourth-order valence-electron chi connectivity index (χ4n) is 9.13. The normalized spacial score (nSPS) is 43.0. The maximum Gasteiger partial charge on any atom is 0.140 e. The van der Waals surface area contributed by atoms with Crippen LogP contribution in [-0.2, 0) is 4.74 Å². The molecule has 9 atom stereocenters. The van der Waals surface area contributed by atoms with Crippen LogP contribution in [0, 0.1) is 52.3 Å². The fourth-order valence-corrected chi connectivity index (χ4v) is 9.13. The third-order valence-corrected chi connectivity index (χ3v) is 10.5. The monoisotopic (exact) mass is 451 g/mol. The molecule has 180 valence electrons. The van der Waals surface area contributed by atoms with Crippen LogP contribution in [-0.4, -0.2) is 35.5 Å². The minimum absolute atomic E-state index is 0.404. The highest BCUT2D eigenvalue weighted by Crippen LogP contribution is 2.65. The van der Waals surface area contributed by atoms with E-state index in [0.29, 0.717) is 35.6 Å². The fraction of sp³-hybridized carbons (Fsp3) is 0.786. The average molecular weight is 452 g/mol. The van der Waals surface area contributed by atoms with Crippen molar-refractivity contribution in [2.24, 2.45) is 40.9 Å². The minimum Gasteiger partial charge on any atom is -0.387 e. The van der Waals surface area contributed by atoms with Gasteiger partial charge in [-0.05, 0) is 118 Å². The lowest BCUT2D eigenvalue weighted by Gasteiger charge is -2.57. The zero-order valence-electron chi connectivity index (χ0n) is 20.6. The van der Waals surface area contributed by atoms with E-state index in [4.69, 9.17) is 10.00 Å². The third-order valence-electron chi connectivity index (χ3n) is 10.5. The van der Waals surface area contributed by atoms with Crippen molar-refractivity contribution in [3.8, 4) is 6.07 Å². The highest BCUT2D eigenvalue weighted by atomic mass is 16.5. The Balaban J connectivity index is 1.27. The number of nitrogens with one attached hydrogen (secondary N) is 1. The molecule has 5 heteroatoms. The summed E-state index contributed by atoms with van der Waals surface area (Å²) in [5.41, 5.74) is 1.31. The van der Waals surface area contributed by atoms with Crippen LogP contribution < -0.4 is 5.32 Å². The summed E-state index contributed by atoms with van der Waals surface area (Å²) in [5, 5.41) is 23.7. The molecule has 5 rings (SSSR count). The third kappa shape index (κ3) is 4.08. The predicted molar refractivity (Wildman–Crippen MR) is 129 cm³/mol. The van der Waals surface area contributed by atoms with E-state index in [0.717, 1.165) is 42.2 Å². The summed E-state index contributed by atoms with van der Waals surface area (Å²) in [4.78, 5) is 4.24. The van der Waals surface area contributed by atoms with Crippen molar-refractivity contribution in [1.82, 2.24) is 4.98 Å². The van der Waals surface area contributed by atoms with Crippen LogP contribution in [0.3, 0.4) is 0 Å². The zero-order valence-corrected chi connectivity index (χ0v) is 20.6. The molecule has 1 heterocycles. The molecule has 33 heavy (non-hydrogen) atoms. The molecule has 0 bridgehead atoms. The molecule has 2 N–H and O–H groups in total. The topological polar surface area (TPSA) is 78.2 Å². The van der Waals surface area contributed by atoms with Gasteiger partial charge in [-0.3, -0.25) is 0 Å². The summed E-state index contributed by atoms with van der Waals surface area (Å²) < 4.78 is 5.35. The number of pyridine rings is 1. The second-order valence-corrected chi connectivity index (χ2v) is 12.0. The van der Waals surface area contributed by atoms with Crippen LogP contribution in [0.5, 0.6) is 0 Å². The molecule has 4 aliphatic carbocycles. The van der Waals surface area contributed by atoms with E-state index in [-0.39, 0.29) is 0 Å². The van der Waals surface area contributed by atoms with E-state index in [1.54, 1.807) is 19.4 Å². The molecule has 4 saturated carbocycles. The summed E-state index contributed by atoms with van der Waals surface area (Å²) in [7, 11) is 1.72. The van der Waals surface area contributed by atoms with Gasteiger partial charge < -0.3 is 15.2 Å². The number of nitriles is 1. The molecular formula is C28H41N3O2. The summed E-state index contributed by atoms with van der Waals surface area (Å²) in [6.45, 7) is 5.43. The van der Waals surface area contributed by atoms with E-state index in [2.05, 4.69) is 30.2 Å². The first-order chi connectivity index (χ1) is 15.9. The van der Waals surface area contributed by atoms with E-state index in [1.807, 2.05) is 6.07 Å². The predicted octanol–water partition coefficient (Wildman–Crippen LogP) is 5.40. The number of aromatic nitrogens is 1. The first-order valence-corrected chi connectivity index (χ1v) is 13.2. The smallest absolute Gasteiger partial charge is 0.140 e. The Morgan fingerprint density at radius 1 is 1.15 bits per heavy atom. The largest absolute Gasteiger partial charge is 0.387 e. The van der Waals surface area contributed by atoms with E-state index < -0.39 is 5.60 Å². The Labute approximate surface area is 199 Å². The van der Waals surface area contributed by atoms with Crippen LogP contribution in [0.4, 0.5) is 5.69 Å². The van der Waals surface area contributed by atoms with Crippen LogP contribution in [0.25, 0.3) is 0 Å². The van der Waals surface area contributed by atoms with Gasteiger partial charge in [-0.1, -0.05) is 6.92 Å². The Morgan fingerprint density at radius 2 is 1.97 bits per heavy atom. The van der Waals surface area contributed by atoms with Crippen LogP contribution in [0.1, 0.15) is 77.3 Å². The Hall–Kier alpha value is -1.64. The lowest BCUT2D eigenvalue weighted by Crippen LogP contribution is -2.52. The summed E-state index contributed by atoms with van der Waals surface area (Å²) in [6.07, 6.45) is 12.9. The average Bonchev–Trinajstić information content (AvgIpc) is 3.16. The standard InChI is InChI=1S/C28H41N3O2/c1-18(31-21-6-5-20(15-29)30-16-21)25-8-9-26-24-7-4-19-14-28(32,17-33-3)13-11-22(19)23(24)10-12-27(25,26)2/h5-6,16,18-19,22-26,31-32H,4,7-14,17H2,1-3H3/t18-,19-,22+,23-,24-,25-,26+,27-,28-/m1/s1. The quantitative estimate of drug-likeness (QED) is 0.627. The van der Waals surface area contributed by atoms with Crippen molar-refractivity contribution in [1.29, 1.82) is 5.26 Å². The molecule has 0 saturated heterocycles. The number of ether oxygens (including phenoxy) is 1. The molecule has 0 unspecified atom stereocenters. The molecular weight excluding hydrogens is 410 g/mol. The number of fused-ring (bicyclic) bond motifs is 5. The van der Waals surface area contributed by atoms with Crippen LogP contribution >= 0.6 is 0 Å². The molecule has 5 nitrogen and oxygen atoms in total. The van der Waals surface area contributed by atoms with Crippen molar-refractivity contribution in [2.75, 3.05) is 19.0 Å². The number of rotatable bonds is 5. The maximum absolute atomic E-state index is 11.0. The molecule has 1 aromatic heterocycles. The number of nitrogens with zero attached hydrogens (tertiary/aromatic N) is 2. The summed E-state index contributed by atoms with van der Waals surface area (Å²) in [5.74, 6) is 4.74. The Bertz CT molecular complexity index is 882. The number of hydrogen-bond acceptors (Lipinski definition) is 5. The van der Waals surface area contributed by atoms with Gasteiger partial charge in [0.1, 0.15) is 11.8 Å². The van der Waals surface area contributed by atoms with Gasteiger partial charge in [-0.25, -0.2) is 4.98 Å². The number of hydrogen-bond donors (Lipinski definition) is 2. The number of anilines is 1. The first kappa shape index (κ1) is 23.1. The number of methoxy groups -OCH3 is 1. The lowest BCUT2D eigenvalue weighted by molar-refractivity contribution is -0.124. The Kier molecular flexibility index (Phi) is 6.20. The van der Waals surface area contributed by atoms with Gasteiger partial charge in [-0.15, -0.1) is 0 Å². The minimum atomic E-state index is -0.591. The second kappa shape index (κ2) is 8.86. The van der Waals surface area contributed by atoms with Gasteiger partial charge in [0.15, 0.2) is 0 Å². The van der Waals surface area contributed by atoms with E-state index >= 15 is 0 Å². The highest BCUT2D eigenvalue weighted by Gasteiger charge is 2.58. The van der Waals surface area contributed by atoms with Gasteiger partial charge in [0.25, 0.3) is 0 Å². The van der Waals surface area contributed by atoms with E-state index in [1.165, 1.54) is 44.9 Å². The maximum atomic E-state index is 11.0. The van der Waals surface area contributed by atoms with Crippen LogP contribution in [0.2, 0.25) is 0 Å². The summed E-state index contributed by atoms with van der Waals surface area (Å²) >= 11 is 0. The van der Waals surface area contributed by atoms with Crippen molar-refractivity contribution in [3.63, 3.8) is 0 Å².